The summed E-state index contributed by atoms with van der Waals surface area (Å²) in [6.45, 7) is 0.581. The zero-order valence-electron chi connectivity index (χ0n) is 18.5. The van der Waals surface area contributed by atoms with Crippen molar-refractivity contribution in [2.75, 3.05) is 6.54 Å². The van der Waals surface area contributed by atoms with Crippen LogP contribution in [0.25, 0.3) is 10.9 Å². The molecule has 1 aliphatic heterocycles. The summed E-state index contributed by atoms with van der Waals surface area (Å²) in [5.74, 6) is -2.92. The Bertz CT molecular complexity index is 1350. The fourth-order valence-electron chi connectivity index (χ4n) is 5.24. The SMILES string of the molecule is O=C(c1cccc2c1cnn2Cc1c(F)cc(F)cc1F)N(C1CC1)C1CCC2=C(C=NC2)C1. The van der Waals surface area contributed by atoms with Gasteiger partial charge in [-0.05, 0) is 55.4 Å². The van der Waals surface area contributed by atoms with Gasteiger partial charge in [0.1, 0.15) is 17.5 Å². The molecule has 0 radical (unpaired) electrons. The molecule has 2 aliphatic carbocycles. The number of amides is 1. The van der Waals surface area contributed by atoms with Crippen molar-refractivity contribution >= 4 is 23.0 Å². The van der Waals surface area contributed by atoms with Crippen molar-refractivity contribution in [3.63, 3.8) is 0 Å². The number of benzene rings is 2. The normalized spacial score (nSPS) is 19.7. The van der Waals surface area contributed by atoms with E-state index in [1.54, 1.807) is 24.4 Å². The molecule has 2 heterocycles. The van der Waals surface area contributed by atoms with Crippen LogP contribution in [0.3, 0.4) is 0 Å². The molecule has 1 unspecified atom stereocenters. The van der Waals surface area contributed by atoms with E-state index in [0.717, 1.165) is 38.6 Å². The van der Waals surface area contributed by atoms with E-state index in [9.17, 15) is 18.0 Å². The zero-order valence-corrected chi connectivity index (χ0v) is 18.5. The number of nitrogens with zero attached hydrogens (tertiary/aromatic N) is 4. The largest absolute Gasteiger partial charge is 0.332 e. The topological polar surface area (TPSA) is 50.5 Å². The van der Waals surface area contributed by atoms with Crippen LogP contribution in [0.2, 0.25) is 0 Å². The summed E-state index contributed by atoms with van der Waals surface area (Å²) in [4.78, 5) is 20.3. The molecule has 1 atom stereocenters. The summed E-state index contributed by atoms with van der Waals surface area (Å²) >= 11 is 0. The summed E-state index contributed by atoms with van der Waals surface area (Å²) in [7, 11) is 0. The molecular formula is C26H23F3N4O. The molecule has 0 spiro atoms. The van der Waals surface area contributed by atoms with Gasteiger partial charge in [0, 0.05) is 41.4 Å². The van der Waals surface area contributed by atoms with Gasteiger partial charge in [0.15, 0.2) is 0 Å². The lowest BCUT2D eigenvalue weighted by atomic mass is 9.88. The Hall–Kier alpha value is -3.42. The number of carbonyl (C=O) groups excluding carboxylic acids is 1. The third-order valence-electron chi connectivity index (χ3n) is 7.12. The van der Waals surface area contributed by atoms with Crippen LogP contribution in [-0.2, 0) is 6.54 Å². The minimum absolute atomic E-state index is 0.0317. The Morgan fingerprint density at radius 2 is 1.88 bits per heavy atom. The van der Waals surface area contributed by atoms with Crippen molar-refractivity contribution in [2.45, 2.75) is 50.7 Å². The molecule has 3 aliphatic rings. The maximum absolute atomic E-state index is 14.2. The number of halogens is 3. The van der Waals surface area contributed by atoms with Gasteiger partial charge in [-0.3, -0.25) is 14.5 Å². The number of carbonyl (C=O) groups is 1. The molecule has 6 rings (SSSR count). The zero-order chi connectivity index (χ0) is 23.4. The van der Waals surface area contributed by atoms with Crippen LogP contribution in [0.4, 0.5) is 13.2 Å². The number of aromatic nitrogens is 2. The van der Waals surface area contributed by atoms with E-state index in [0.29, 0.717) is 28.6 Å². The van der Waals surface area contributed by atoms with Crippen LogP contribution in [0, 0.1) is 17.5 Å². The molecule has 0 saturated heterocycles. The highest BCUT2D eigenvalue weighted by molar-refractivity contribution is 6.06. The summed E-state index contributed by atoms with van der Waals surface area (Å²) in [6, 6.07) is 7.02. The molecule has 0 N–H and O–H groups in total. The minimum atomic E-state index is -0.966. The lowest BCUT2D eigenvalue weighted by Gasteiger charge is -2.35. The van der Waals surface area contributed by atoms with E-state index >= 15 is 0 Å². The van der Waals surface area contributed by atoms with Crippen molar-refractivity contribution in [3.8, 4) is 0 Å². The molecule has 2 aromatic carbocycles. The summed E-state index contributed by atoms with van der Waals surface area (Å²) in [5.41, 5.74) is 3.52. The van der Waals surface area contributed by atoms with Gasteiger partial charge in [-0.25, -0.2) is 13.2 Å². The van der Waals surface area contributed by atoms with Crippen LogP contribution < -0.4 is 0 Å². The molecular weight excluding hydrogens is 441 g/mol. The summed E-state index contributed by atoms with van der Waals surface area (Å²) in [5, 5.41) is 4.95. The third-order valence-corrected chi connectivity index (χ3v) is 7.12. The van der Waals surface area contributed by atoms with Crippen molar-refractivity contribution in [1.82, 2.24) is 14.7 Å². The van der Waals surface area contributed by atoms with E-state index in [2.05, 4.69) is 10.1 Å². The monoisotopic (exact) mass is 464 g/mol. The highest BCUT2D eigenvalue weighted by atomic mass is 19.1. The number of hydrogen-bond acceptors (Lipinski definition) is 3. The second kappa shape index (κ2) is 8.11. The minimum Gasteiger partial charge on any atom is -0.332 e. The molecule has 8 heteroatoms. The number of aliphatic imine (C=N–C) groups is 1. The molecule has 3 aromatic rings. The van der Waals surface area contributed by atoms with E-state index in [1.165, 1.54) is 15.8 Å². The molecule has 174 valence electrons. The second-order valence-corrected chi connectivity index (χ2v) is 9.33. The first kappa shape index (κ1) is 21.1. The van der Waals surface area contributed by atoms with E-state index in [-0.39, 0.29) is 30.1 Å². The van der Waals surface area contributed by atoms with Crippen LogP contribution >= 0.6 is 0 Å². The molecule has 0 bridgehead atoms. The van der Waals surface area contributed by atoms with E-state index < -0.39 is 17.5 Å². The smallest absolute Gasteiger partial charge is 0.255 e. The lowest BCUT2D eigenvalue weighted by molar-refractivity contribution is 0.0647. The molecule has 5 nitrogen and oxygen atoms in total. The molecule has 1 fully saturated rings. The molecule has 34 heavy (non-hydrogen) atoms. The number of hydrogen-bond donors (Lipinski definition) is 0. The maximum atomic E-state index is 14.2. The Labute approximate surface area is 194 Å². The predicted molar refractivity (Wildman–Crippen MR) is 122 cm³/mol. The number of rotatable bonds is 5. The van der Waals surface area contributed by atoms with Gasteiger partial charge >= 0.3 is 0 Å². The fourth-order valence-corrected chi connectivity index (χ4v) is 5.24. The Morgan fingerprint density at radius 3 is 2.65 bits per heavy atom. The van der Waals surface area contributed by atoms with Gasteiger partial charge in [0.25, 0.3) is 5.91 Å². The Morgan fingerprint density at radius 1 is 1.09 bits per heavy atom. The third kappa shape index (κ3) is 3.61. The van der Waals surface area contributed by atoms with Gasteiger partial charge < -0.3 is 4.90 Å². The first-order valence-corrected chi connectivity index (χ1v) is 11.6. The van der Waals surface area contributed by atoms with Gasteiger partial charge in [0.05, 0.1) is 30.4 Å². The number of fused-ring (bicyclic) bond motifs is 1. The Kier molecular flexibility index (Phi) is 5.04. The van der Waals surface area contributed by atoms with Crippen molar-refractivity contribution in [2.24, 2.45) is 4.99 Å². The fraction of sp³-hybridized carbons (Fsp3) is 0.346. The first-order valence-electron chi connectivity index (χ1n) is 11.6. The quantitative estimate of drug-likeness (QED) is 0.531. The van der Waals surface area contributed by atoms with Gasteiger partial charge in [-0.2, -0.15) is 5.10 Å². The van der Waals surface area contributed by atoms with Crippen LogP contribution in [-0.4, -0.2) is 45.4 Å². The van der Waals surface area contributed by atoms with Crippen LogP contribution in [0.5, 0.6) is 0 Å². The van der Waals surface area contributed by atoms with Gasteiger partial charge in [0.2, 0.25) is 0 Å². The van der Waals surface area contributed by atoms with Gasteiger partial charge in [-0.1, -0.05) is 6.07 Å². The van der Waals surface area contributed by atoms with Crippen molar-refractivity contribution < 1.29 is 18.0 Å². The standard InChI is InChI=1S/C26H23F3N4O/c27-17-9-23(28)22(24(29)10-17)14-32-25-3-1-2-20(21(25)13-31-32)26(34)33(18-6-7-18)19-5-4-15-11-30-12-16(15)8-19/h1-3,9-10,12-13,18-19H,4-8,11,14H2. The van der Waals surface area contributed by atoms with Crippen LogP contribution in [0.1, 0.15) is 48.0 Å². The first-order chi connectivity index (χ1) is 16.5. The molecule has 1 aromatic heterocycles. The average Bonchev–Trinajstić information content (AvgIpc) is 3.37. The average molecular weight is 464 g/mol. The van der Waals surface area contributed by atoms with Crippen LogP contribution in [0.15, 0.2) is 52.7 Å². The molecule has 1 amide bonds. The lowest BCUT2D eigenvalue weighted by Crippen LogP contribution is -2.43. The second-order valence-electron chi connectivity index (χ2n) is 9.33. The predicted octanol–water partition coefficient (Wildman–Crippen LogP) is 5.04. The summed E-state index contributed by atoms with van der Waals surface area (Å²) in [6.07, 6.45) is 8.25. The molecule has 1 saturated carbocycles. The Balaban J connectivity index is 1.33. The summed E-state index contributed by atoms with van der Waals surface area (Å²) < 4.78 is 43.2. The highest BCUT2D eigenvalue weighted by Crippen LogP contribution is 2.38. The van der Waals surface area contributed by atoms with Crippen molar-refractivity contribution in [3.05, 3.63) is 76.3 Å². The van der Waals surface area contributed by atoms with E-state index in [1.807, 2.05) is 11.1 Å². The van der Waals surface area contributed by atoms with E-state index in [4.69, 9.17) is 0 Å². The van der Waals surface area contributed by atoms with Gasteiger partial charge in [-0.15, -0.1) is 0 Å². The maximum Gasteiger partial charge on any atom is 0.255 e. The van der Waals surface area contributed by atoms with Crippen molar-refractivity contribution in [1.29, 1.82) is 0 Å². The highest BCUT2D eigenvalue weighted by Gasteiger charge is 2.40.